The Bertz CT molecular complexity index is 219. The van der Waals surface area contributed by atoms with E-state index in [0.717, 1.165) is 0 Å². The average Bonchev–Trinajstić information content (AvgIpc) is 1.12. The fourth-order valence-corrected chi connectivity index (χ4v) is 0. The van der Waals surface area contributed by atoms with E-state index in [1.807, 2.05) is 0 Å². The van der Waals surface area contributed by atoms with E-state index in [1.165, 1.54) is 0 Å². The first-order valence-electron chi connectivity index (χ1n) is 1.28. The topological polar surface area (TPSA) is 68.3 Å². The van der Waals surface area contributed by atoms with E-state index in [2.05, 4.69) is 32.0 Å². The standard InChI is InChI=1S/Cl2O2S.ClFO2S.ClH.FH/c2*1-5(2,3)4;;/h;;2*1H. The molecule has 80 valence electrons. The lowest BCUT2D eigenvalue weighted by molar-refractivity contribution is 0.569. The van der Waals surface area contributed by atoms with Crippen LogP contribution in [0.5, 0.6) is 0 Å². The molecule has 0 unspecified atom stereocenters. The highest BCUT2D eigenvalue weighted by Gasteiger charge is 1.91. The summed E-state index contributed by atoms with van der Waals surface area (Å²) in [7, 11) is 3.95. The Kier molecular flexibility index (Phi) is 16.4. The van der Waals surface area contributed by atoms with Gasteiger partial charge < -0.3 is 0 Å². The van der Waals surface area contributed by atoms with E-state index in [1.54, 1.807) is 0 Å². The summed E-state index contributed by atoms with van der Waals surface area (Å²) in [6.07, 6.45) is 0. The zero-order valence-corrected chi connectivity index (χ0v) is 9.50. The van der Waals surface area contributed by atoms with Crippen LogP contribution in [0, 0.1) is 0 Å². The Morgan fingerprint density at radius 1 is 0.917 bits per heavy atom. The van der Waals surface area contributed by atoms with Crippen LogP contribution in [-0.4, -0.2) is 16.8 Å². The summed E-state index contributed by atoms with van der Waals surface area (Å²) >= 11 is 0. The van der Waals surface area contributed by atoms with Crippen molar-refractivity contribution in [2.24, 2.45) is 0 Å². The first-order valence-corrected chi connectivity index (χ1v) is 6.63. The number of hydrogen-bond acceptors (Lipinski definition) is 4. The molecule has 0 spiro atoms. The van der Waals surface area contributed by atoms with E-state index < -0.39 is 17.7 Å². The van der Waals surface area contributed by atoms with E-state index in [9.17, 15) is 3.89 Å². The van der Waals surface area contributed by atoms with Gasteiger partial charge in [-0.1, -0.05) is 3.89 Å². The SMILES string of the molecule is Cl.F.O=S(=O)(Cl)Cl.O=S(=O)(F)Cl. The summed E-state index contributed by atoms with van der Waals surface area (Å²) < 4.78 is 46.2. The van der Waals surface area contributed by atoms with Gasteiger partial charge in [-0.2, -0.15) is 16.8 Å². The highest BCUT2D eigenvalue weighted by molar-refractivity contribution is 8.31. The number of rotatable bonds is 0. The van der Waals surface area contributed by atoms with Gasteiger partial charge in [0, 0.05) is 21.4 Å². The van der Waals surface area contributed by atoms with Gasteiger partial charge in [0.15, 0.2) is 0 Å². The fourth-order valence-electron chi connectivity index (χ4n) is 0. The monoisotopic (exact) mass is 308 g/mol. The molecule has 0 bridgehead atoms. The van der Waals surface area contributed by atoms with Gasteiger partial charge in [0.25, 0.3) is 0 Å². The Morgan fingerprint density at radius 2 is 0.917 bits per heavy atom. The van der Waals surface area contributed by atoms with Crippen molar-refractivity contribution in [3.63, 3.8) is 0 Å². The third-order valence-electron chi connectivity index (χ3n) is 0. The molecule has 0 aliphatic carbocycles. The molecule has 0 rings (SSSR count). The molecule has 0 heterocycles. The zero-order valence-electron chi connectivity index (χ0n) is 4.78. The molecular formula is H2Cl4F2O4S2. The molecule has 0 saturated carbocycles. The molecule has 0 aromatic heterocycles. The molecule has 12 heteroatoms. The molecule has 4 nitrogen and oxygen atoms in total. The van der Waals surface area contributed by atoms with Gasteiger partial charge in [0.1, 0.15) is 0 Å². The summed E-state index contributed by atoms with van der Waals surface area (Å²) in [5, 5.41) is 0. The maximum Gasteiger partial charge on any atom is 0.391 e. The highest BCUT2D eigenvalue weighted by atomic mass is 36.0. The molecule has 0 radical (unpaired) electrons. The second-order valence-electron chi connectivity index (χ2n) is 0.757. The van der Waals surface area contributed by atoms with Crippen molar-refractivity contribution < 1.29 is 25.4 Å². The number of hydrogen-bond donors (Lipinski definition) is 0. The Hall–Kier alpha value is 0.920. The summed E-state index contributed by atoms with van der Waals surface area (Å²) in [5.41, 5.74) is 0. The molecule has 12 heavy (non-hydrogen) atoms. The van der Waals surface area contributed by atoms with Gasteiger partial charge >= 0.3 is 17.7 Å². The average molecular weight is 310 g/mol. The first kappa shape index (κ1) is 23.1. The molecule has 0 amide bonds. The van der Waals surface area contributed by atoms with E-state index >= 15 is 0 Å². The van der Waals surface area contributed by atoms with Crippen LogP contribution in [0.1, 0.15) is 0 Å². The van der Waals surface area contributed by atoms with Crippen LogP contribution in [-0.2, 0) is 17.7 Å². The Balaban J connectivity index is -0.0000000457. The van der Waals surface area contributed by atoms with Gasteiger partial charge in [0.05, 0.1) is 10.7 Å². The predicted molar refractivity (Wildman–Crippen MR) is 46.3 cm³/mol. The van der Waals surface area contributed by atoms with Crippen molar-refractivity contribution in [3.05, 3.63) is 0 Å². The minimum absolute atomic E-state index is 0. The normalized spacial score (nSPS) is 9.67. The van der Waals surface area contributed by atoms with Gasteiger partial charge in [-0.25, -0.2) is 0 Å². The fraction of sp³-hybridized carbons (Fsp3) is 0. The van der Waals surface area contributed by atoms with Crippen LogP contribution in [0.4, 0.5) is 8.59 Å². The maximum absolute atomic E-state index is 10.4. The van der Waals surface area contributed by atoms with Gasteiger partial charge in [-0.15, -0.1) is 12.4 Å². The zero-order chi connectivity index (χ0) is 9.00. The van der Waals surface area contributed by atoms with Gasteiger partial charge in [-0.3, -0.25) is 4.70 Å². The highest BCUT2D eigenvalue weighted by Crippen LogP contribution is 1.98. The van der Waals surface area contributed by atoms with Crippen molar-refractivity contribution >= 4 is 62.2 Å². The summed E-state index contributed by atoms with van der Waals surface area (Å²) in [5.74, 6) is 0. The molecular weight excluding hydrogens is 308 g/mol. The third kappa shape index (κ3) is 1270. The Labute approximate surface area is 87.4 Å². The van der Waals surface area contributed by atoms with E-state index in [0.29, 0.717) is 0 Å². The Morgan fingerprint density at radius 3 is 0.917 bits per heavy atom. The summed E-state index contributed by atoms with van der Waals surface area (Å²) in [4.78, 5) is 0. The van der Waals surface area contributed by atoms with Gasteiger partial charge in [0.2, 0.25) is 0 Å². The van der Waals surface area contributed by atoms with Crippen molar-refractivity contribution in [1.29, 1.82) is 0 Å². The third-order valence-corrected chi connectivity index (χ3v) is 0. The first-order chi connectivity index (χ1) is 4.00. The quantitative estimate of drug-likeness (QED) is 0.639. The van der Waals surface area contributed by atoms with Crippen LogP contribution in [0.2, 0.25) is 0 Å². The van der Waals surface area contributed by atoms with Crippen LogP contribution >= 0.6 is 44.5 Å². The molecule has 0 aliphatic rings. The predicted octanol–water partition coefficient (Wildman–Crippen LogP) is 1.72. The summed E-state index contributed by atoms with van der Waals surface area (Å²) in [6.45, 7) is 0. The molecule has 0 aromatic carbocycles. The molecule has 0 N–H and O–H groups in total. The lowest BCUT2D eigenvalue weighted by Crippen LogP contribution is -1.66. The molecule has 0 fully saturated rings. The van der Waals surface area contributed by atoms with Crippen molar-refractivity contribution in [2.45, 2.75) is 0 Å². The van der Waals surface area contributed by atoms with Crippen LogP contribution in [0.15, 0.2) is 0 Å². The van der Waals surface area contributed by atoms with Crippen LogP contribution in [0.3, 0.4) is 0 Å². The minimum atomic E-state index is -4.69. The molecule has 0 aliphatic heterocycles. The second kappa shape index (κ2) is 8.52. The summed E-state index contributed by atoms with van der Waals surface area (Å²) in [6, 6.07) is 0. The van der Waals surface area contributed by atoms with E-state index in [-0.39, 0.29) is 17.1 Å². The van der Waals surface area contributed by atoms with Crippen LogP contribution in [0.25, 0.3) is 0 Å². The maximum atomic E-state index is 10.4. The van der Waals surface area contributed by atoms with Gasteiger partial charge in [-0.05, 0) is 0 Å². The minimum Gasteiger partial charge on any atom is -0.269 e. The molecule has 0 atom stereocenters. The molecule has 0 aromatic rings. The van der Waals surface area contributed by atoms with Crippen molar-refractivity contribution in [1.82, 2.24) is 0 Å². The van der Waals surface area contributed by atoms with E-state index in [4.69, 9.17) is 16.8 Å². The smallest absolute Gasteiger partial charge is 0.269 e. The van der Waals surface area contributed by atoms with Crippen molar-refractivity contribution in [2.75, 3.05) is 0 Å². The van der Waals surface area contributed by atoms with Crippen LogP contribution < -0.4 is 0 Å². The lowest BCUT2D eigenvalue weighted by atomic mass is 15.9. The number of halogens is 6. The largest absolute Gasteiger partial charge is 0.391 e. The molecule has 0 saturated heterocycles. The lowest BCUT2D eigenvalue weighted by Gasteiger charge is -1.61. The second-order valence-corrected chi connectivity index (χ2v) is 6.29. The van der Waals surface area contributed by atoms with Crippen molar-refractivity contribution in [3.8, 4) is 0 Å².